The predicted molar refractivity (Wildman–Crippen MR) is 81.3 cm³/mol. The highest BCUT2D eigenvalue weighted by Crippen LogP contribution is 2.16. The van der Waals surface area contributed by atoms with Crippen LogP contribution < -0.4 is 10.6 Å². The van der Waals surface area contributed by atoms with E-state index < -0.39 is 0 Å². The van der Waals surface area contributed by atoms with Crippen molar-refractivity contribution in [1.82, 2.24) is 14.4 Å². The molecule has 6 heteroatoms. The molecule has 0 atom stereocenters. The van der Waals surface area contributed by atoms with Crippen LogP contribution in [0.15, 0.2) is 18.6 Å². The predicted octanol–water partition coefficient (Wildman–Crippen LogP) is 2.39. The van der Waals surface area contributed by atoms with Crippen LogP contribution in [0.4, 0.5) is 11.6 Å². The van der Waals surface area contributed by atoms with E-state index in [1.54, 1.807) is 6.20 Å². The number of hydrogen-bond acceptors (Lipinski definition) is 5. The molecule has 0 bridgehead atoms. The lowest BCUT2D eigenvalue weighted by atomic mass is 10.4. The Morgan fingerprint density at radius 1 is 1.30 bits per heavy atom. The third-order valence-corrected chi connectivity index (χ3v) is 2.78. The van der Waals surface area contributed by atoms with Crippen LogP contribution in [0.2, 0.25) is 0 Å². The van der Waals surface area contributed by atoms with Gasteiger partial charge in [0.2, 0.25) is 0 Å². The molecule has 0 saturated carbocycles. The lowest BCUT2D eigenvalue weighted by Gasteiger charge is -2.12. The number of anilines is 2. The van der Waals surface area contributed by atoms with Crippen molar-refractivity contribution in [1.29, 1.82) is 0 Å². The zero-order valence-corrected chi connectivity index (χ0v) is 12.4. The average molecular weight is 277 g/mol. The largest absolute Gasteiger partial charge is 0.377 e. The summed E-state index contributed by atoms with van der Waals surface area (Å²) < 4.78 is 7.49. The zero-order chi connectivity index (χ0) is 14.4. The van der Waals surface area contributed by atoms with Gasteiger partial charge in [-0.3, -0.25) is 0 Å². The molecule has 0 fully saturated rings. The Hall–Kier alpha value is -1.82. The fraction of sp³-hybridized carbons (Fsp3) is 0.571. The van der Waals surface area contributed by atoms with Crippen molar-refractivity contribution in [3.63, 3.8) is 0 Å². The number of ether oxygens (including phenoxy) is 1. The highest BCUT2D eigenvalue weighted by atomic mass is 16.5. The van der Waals surface area contributed by atoms with E-state index in [0.29, 0.717) is 13.2 Å². The first-order valence-electron chi connectivity index (χ1n) is 7.13. The van der Waals surface area contributed by atoms with Crippen molar-refractivity contribution in [3.05, 3.63) is 18.6 Å². The lowest BCUT2D eigenvalue weighted by Crippen LogP contribution is -2.15. The molecule has 20 heavy (non-hydrogen) atoms. The first-order chi connectivity index (χ1) is 9.70. The summed E-state index contributed by atoms with van der Waals surface area (Å²) in [5.41, 5.74) is 0.830. The summed E-state index contributed by atoms with van der Waals surface area (Å²) in [6.45, 7) is 8.46. The Bertz CT molecular complexity index is 537. The second-order valence-electron chi connectivity index (χ2n) is 4.91. The van der Waals surface area contributed by atoms with Crippen molar-refractivity contribution in [3.8, 4) is 0 Å². The molecule has 2 aromatic rings. The molecule has 0 aliphatic carbocycles. The van der Waals surface area contributed by atoms with Crippen LogP contribution in [0.3, 0.4) is 0 Å². The summed E-state index contributed by atoms with van der Waals surface area (Å²) in [7, 11) is 0. The van der Waals surface area contributed by atoms with Crippen molar-refractivity contribution < 1.29 is 4.74 Å². The average Bonchev–Trinajstić information content (AvgIpc) is 2.89. The first kappa shape index (κ1) is 14.6. The fourth-order valence-electron chi connectivity index (χ4n) is 1.85. The minimum absolute atomic E-state index is 0.244. The van der Waals surface area contributed by atoms with Gasteiger partial charge < -0.3 is 19.8 Å². The Morgan fingerprint density at radius 3 is 2.90 bits per heavy atom. The molecule has 2 heterocycles. The molecular weight excluding hydrogens is 254 g/mol. The van der Waals surface area contributed by atoms with Crippen LogP contribution in [0.1, 0.15) is 27.2 Å². The molecule has 0 saturated heterocycles. The minimum Gasteiger partial charge on any atom is -0.377 e. The molecule has 6 nitrogen and oxygen atoms in total. The van der Waals surface area contributed by atoms with E-state index in [4.69, 9.17) is 4.74 Å². The number of imidazole rings is 1. The van der Waals surface area contributed by atoms with Gasteiger partial charge in [-0.05, 0) is 20.3 Å². The summed E-state index contributed by atoms with van der Waals surface area (Å²) in [5, 5.41) is 6.58. The van der Waals surface area contributed by atoms with Gasteiger partial charge in [0.1, 0.15) is 5.82 Å². The van der Waals surface area contributed by atoms with Crippen LogP contribution >= 0.6 is 0 Å². The van der Waals surface area contributed by atoms with Gasteiger partial charge in [-0.1, -0.05) is 6.92 Å². The van der Waals surface area contributed by atoms with Gasteiger partial charge in [-0.2, -0.15) is 0 Å². The molecule has 0 amide bonds. The molecule has 0 aliphatic rings. The highest BCUT2D eigenvalue weighted by Gasteiger charge is 2.07. The molecule has 2 N–H and O–H groups in total. The molecular formula is C14H23N5O. The zero-order valence-electron chi connectivity index (χ0n) is 12.4. The first-order valence-corrected chi connectivity index (χ1v) is 7.13. The minimum atomic E-state index is 0.244. The van der Waals surface area contributed by atoms with Crippen LogP contribution in [0, 0.1) is 0 Å². The fourth-order valence-corrected chi connectivity index (χ4v) is 1.85. The van der Waals surface area contributed by atoms with Crippen molar-refractivity contribution >= 4 is 17.3 Å². The van der Waals surface area contributed by atoms with Gasteiger partial charge in [0.15, 0.2) is 11.5 Å². The Labute approximate surface area is 119 Å². The van der Waals surface area contributed by atoms with Gasteiger partial charge in [0.05, 0.1) is 18.9 Å². The monoisotopic (exact) mass is 277 g/mol. The molecule has 0 aliphatic heterocycles. The maximum Gasteiger partial charge on any atom is 0.180 e. The van der Waals surface area contributed by atoms with Crippen LogP contribution in [0.5, 0.6) is 0 Å². The number of fused-ring (bicyclic) bond motifs is 1. The van der Waals surface area contributed by atoms with Gasteiger partial charge in [-0.15, -0.1) is 0 Å². The van der Waals surface area contributed by atoms with E-state index in [1.165, 1.54) is 0 Å². The van der Waals surface area contributed by atoms with E-state index in [1.807, 2.05) is 30.6 Å². The Balaban J connectivity index is 2.07. The van der Waals surface area contributed by atoms with Gasteiger partial charge >= 0.3 is 0 Å². The number of hydrogen-bond donors (Lipinski definition) is 2. The van der Waals surface area contributed by atoms with Crippen LogP contribution in [-0.4, -0.2) is 40.2 Å². The molecule has 110 valence electrons. The smallest absolute Gasteiger partial charge is 0.180 e. The molecule has 0 spiro atoms. The summed E-state index contributed by atoms with van der Waals surface area (Å²) >= 11 is 0. The topological polar surface area (TPSA) is 63.5 Å². The highest BCUT2D eigenvalue weighted by molar-refractivity contribution is 5.65. The van der Waals surface area contributed by atoms with Gasteiger partial charge in [-0.25, -0.2) is 9.97 Å². The summed E-state index contributed by atoms with van der Waals surface area (Å²) in [6, 6.07) is 0. The van der Waals surface area contributed by atoms with Crippen LogP contribution in [-0.2, 0) is 4.74 Å². The molecule has 0 unspecified atom stereocenters. The number of aromatic nitrogens is 3. The quantitative estimate of drug-likeness (QED) is 0.725. The maximum atomic E-state index is 5.52. The van der Waals surface area contributed by atoms with Crippen molar-refractivity contribution in [2.24, 2.45) is 0 Å². The summed E-state index contributed by atoms with van der Waals surface area (Å²) in [5.74, 6) is 1.63. The SMILES string of the molecule is CCCNc1cn2ccnc2c(NCCOC(C)C)n1. The van der Waals surface area contributed by atoms with Gasteiger partial charge in [0.25, 0.3) is 0 Å². The number of nitrogens with one attached hydrogen (secondary N) is 2. The number of nitrogens with zero attached hydrogens (tertiary/aromatic N) is 3. The molecule has 2 aromatic heterocycles. The molecule has 0 aromatic carbocycles. The Morgan fingerprint density at radius 2 is 2.15 bits per heavy atom. The third-order valence-electron chi connectivity index (χ3n) is 2.78. The van der Waals surface area contributed by atoms with E-state index in [9.17, 15) is 0 Å². The second-order valence-corrected chi connectivity index (χ2v) is 4.91. The van der Waals surface area contributed by atoms with E-state index in [0.717, 1.165) is 30.2 Å². The Kier molecular flexibility index (Phi) is 5.17. The second kappa shape index (κ2) is 7.09. The lowest BCUT2D eigenvalue weighted by molar-refractivity contribution is 0.0870. The summed E-state index contributed by atoms with van der Waals surface area (Å²) in [4.78, 5) is 8.89. The van der Waals surface area contributed by atoms with E-state index >= 15 is 0 Å². The standard InChI is InChI=1S/C14H23N5O/c1-4-5-15-12-10-19-8-6-17-14(19)13(18-12)16-7-9-20-11(2)3/h6,8,10-11,15H,4-5,7,9H2,1-3H3,(H,16,18). The normalized spacial score (nSPS) is 11.2. The van der Waals surface area contributed by atoms with E-state index in [-0.39, 0.29) is 6.10 Å². The maximum absolute atomic E-state index is 5.52. The van der Waals surface area contributed by atoms with Crippen molar-refractivity contribution in [2.45, 2.75) is 33.3 Å². The molecule has 2 rings (SSSR count). The summed E-state index contributed by atoms with van der Waals surface area (Å²) in [6.07, 6.45) is 6.96. The van der Waals surface area contributed by atoms with E-state index in [2.05, 4.69) is 27.5 Å². The number of rotatable bonds is 8. The van der Waals surface area contributed by atoms with Gasteiger partial charge in [0, 0.05) is 25.5 Å². The third kappa shape index (κ3) is 3.84. The van der Waals surface area contributed by atoms with Crippen molar-refractivity contribution in [2.75, 3.05) is 30.3 Å². The molecule has 0 radical (unpaired) electrons. The van der Waals surface area contributed by atoms with Crippen LogP contribution in [0.25, 0.3) is 5.65 Å².